The van der Waals surface area contributed by atoms with Gasteiger partial charge in [-0.2, -0.15) is 0 Å². The fourth-order valence-electron chi connectivity index (χ4n) is 2.60. The van der Waals surface area contributed by atoms with Gasteiger partial charge in [-0.25, -0.2) is 4.39 Å². The molecule has 1 aromatic carbocycles. The molecule has 0 aliphatic carbocycles. The third-order valence-electron chi connectivity index (χ3n) is 3.92. The van der Waals surface area contributed by atoms with E-state index >= 15 is 0 Å². The summed E-state index contributed by atoms with van der Waals surface area (Å²) in [4.78, 5) is 6.61. The van der Waals surface area contributed by atoms with Gasteiger partial charge in [0.1, 0.15) is 5.82 Å². The molecule has 128 valence electrons. The zero-order valence-corrected chi connectivity index (χ0v) is 14.0. The van der Waals surface area contributed by atoms with Crippen LogP contribution in [0.25, 0.3) is 0 Å². The second-order valence-corrected chi connectivity index (χ2v) is 5.92. The molecule has 0 bridgehead atoms. The second-order valence-electron chi connectivity index (χ2n) is 5.92. The minimum absolute atomic E-state index is 0.198. The minimum Gasteiger partial charge on any atom is -0.379 e. The van der Waals surface area contributed by atoms with Crippen LogP contribution in [0.15, 0.2) is 29.3 Å². The standard InChI is InChI=1S/C17H27FN4O/c1-14(13-22-7-9-23-10-8-22)11-20-17(19-2)21-12-15-5-3-4-6-16(15)18/h3-6,14H,7-13H2,1-2H3,(H2,19,20,21). The lowest BCUT2D eigenvalue weighted by Gasteiger charge is -2.29. The van der Waals surface area contributed by atoms with Crippen LogP contribution in [0.1, 0.15) is 12.5 Å². The van der Waals surface area contributed by atoms with Crippen molar-refractivity contribution in [2.75, 3.05) is 46.4 Å². The van der Waals surface area contributed by atoms with Crippen molar-refractivity contribution >= 4 is 5.96 Å². The van der Waals surface area contributed by atoms with Gasteiger partial charge < -0.3 is 15.4 Å². The molecule has 6 heteroatoms. The van der Waals surface area contributed by atoms with Crippen molar-refractivity contribution in [1.82, 2.24) is 15.5 Å². The van der Waals surface area contributed by atoms with E-state index in [0.717, 1.165) is 39.4 Å². The summed E-state index contributed by atoms with van der Waals surface area (Å²) in [5.41, 5.74) is 0.636. The van der Waals surface area contributed by atoms with Gasteiger partial charge in [-0.3, -0.25) is 9.89 Å². The van der Waals surface area contributed by atoms with Gasteiger partial charge in [0.05, 0.1) is 13.2 Å². The van der Waals surface area contributed by atoms with Crippen LogP contribution in [0, 0.1) is 11.7 Å². The van der Waals surface area contributed by atoms with Gasteiger partial charge >= 0.3 is 0 Å². The molecule has 1 aromatic rings. The maximum absolute atomic E-state index is 13.6. The van der Waals surface area contributed by atoms with E-state index in [9.17, 15) is 4.39 Å². The lowest BCUT2D eigenvalue weighted by molar-refractivity contribution is 0.0320. The van der Waals surface area contributed by atoms with Crippen LogP contribution in [0.5, 0.6) is 0 Å². The first kappa shape index (κ1) is 17.7. The van der Waals surface area contributed by atoms with E-state index in [0.29, 0.717) is 24.0 Å². The molecule has 0 aromatic heterocycles. The normalized spacial score (nSPS) is 17.8. The number of nitrogens with one attached hydrogen (secondary N) is 2. The van der Waals surface area contributed by atoms with Gasteiger partial charge in [0.15, 0.2) is 5.96 Å². The Bertz CT molecular complexity index is 503. The van der Waals surface area contributed by atoms with Crippen molar-refractivity contribution in [1.29, 1.82) is 0 Å². The minimum atomic E-state index is -0.198. The molecule has 5 nitrogen and oxygen atoms in total. The van der Waals surface area contributed by atoms with Crippen LogP contribution in [-0.4, -0.2) is 57.3 Å². The van der Waals surface area contributed by atoms with E-state index in [1.165, 1.54) is 6.07 Å². The largest absolute Gasteiger partial charge is 0.379 e. The number of hydrogen-bond acceptors (Lipinski definition) is 3. The molecule has 0 radical (unpaired) electrons. The van der Waals surface area contributed by atoms with Crippen LogP contribution in [-0.2, 0) is 11.3 Å². The van der Waals surface area contributed by atoms with Gasteiger partial charge in [-0.15, -0.1) is 0 Å². The maximum Gasteiger partial charge on any atom is 0.191 e. The Hall–Kier alpha value is -1.66. The highest BCUT2D eigenvalue weighted by atomic mass is 19.1. The first-order valence-corrected chi connectivity index (χ1v) is 8.17. The van der Waals surface area contributed by atoms with E-state index in [1.54, 1.807) is 19.2 Å². The summed E-state index contributed by atoms with van der Waals surface area (Å²) in [6.45, 7) is 8.17. The molecule has 1 aliphatic rings. The Morgan fingerprint density at radius 1 is 1.30 bits per heavy atom. The van der Waals surface area contributed by atoms with Crippen LogP contribution >= 0.6 is 0 Å². The Morgan fingerprint density at radius 3 is 2.74 bits per heavy atom. The first-order chi connectivity index (χ1) is 11.2. The smallest absolute Gasteiger partial charge is 0.191 e. The Morgan fingerprint density at radius 2 is 2.04 bits per heavy atom. The van der Waals surface area contributed by atoms with E-state index < -0.39 is 0 Å². The quantitative estimate of drug-likeness (QED) is 0.615. The summed E-state index contributed by atoms with van der Waals surface area (Å²) in [6, 6.07) is 6.77. The molecule has 1 fully saturated rings. The van der Waals surface area contributed by atoms with Gasteiger partial charge in [-0.05, 0) is 12.0 Å². The second kappa shape index (κ2) is 9.47. The van der Waals surface area contributed by atoms with Crippen molar-refractivity contribution < 1.29 is 9.13 Å². The number of benzene rings is 1. The number of aliphatic imine (C=N–C) groups is 1. The number of guanidine groups is 1. The van der Waals surface area contributed by atoms with E-state index in [2.05, 4.69) is 27.4 Å². The predicted molar refractivity (Wildman–Crippen MR) is 91.0 cm³/mol. The molecule has 23 heavy (non-hydrogen) atoms. The molecular formula is C17H27FN4O. The number of morpholine rings is 1. The molecule has 1 aliphatic heterocycles. The van der Waals surface area contributed by atoms with E-state index in [1.807, 2.05) is 6.07 Å². The summed E-state index contributed by atoms with van der Waals surface area (Å²) in [6.07, 6.45) is 0. The van der Waals surface area contributed by atoms with Gasteiger partial charge in [0.2, 0.25) is 0 Å². The van der Waals surface area contributed by atoms with Crippen molar-refractivity contribution in [3.05, 3.63) is 35.6 Å². The fourth-order valence-corrected chi connectivity index (χ4v) is 2.60. The van der Waals surface area contributed by atoms with Crippen molar-refractivity contribution in [2.45, 2.75) is 13.5 Å². The van der Waals surface area contributed by atoms with Crippen LogP contribution in [0.3, 0.4) is 0 Å². The molecule has 0 amide bonds. The molecule has 1 unspecified atom stereocenters. The van der Waals surface area contributed by atoms with E-state index in [-0.39, 0.29) is 5.82 Å². The molecule has 0 saturated carbocycles. The molecule has 2 N–H and O–H groups in total. The molecule has 1 saturated heterocycles. The summed E-state index contributed by atoms with van der Waals surface area (Å²) in [5.74, 6) is 0.998. The third kappa shape index (κ3) is 6.15. The molecular weight excluding hydrogens is 295 g/mol. The lowest BCUT2D eigenvalue weighted by Crippen LogP contribution is -2.43. The summed E-state index contributed by atoms with van der Waals surface area (Å²) in [7, 11) is 1.73. The van der Waals surface area contributed by atoms with Crippen molar-refractivity contribution in [3.63, 3.8) is 0 Å². The summed E-state index contributed by atoms with van der Waals surface area (Å²) >= 11 is 0. The monoisotopic (exact) mass is 322 g/mol. The number of rotatable bonds is 6. The van der Waals surface area contributed by atoms with Crippen LogP contribution in [0.4, 0.5) is 4.39 Å². The SMILES string of the molecule is CN=C(NCc1ccccc1F)NCC(C)CN1CCOCC1. The average Bonchev–Trinajstić information content (AvgIpc) is 2.57. The van der Waals surface area contributed by atoms with Gasteiger partial charge in [-0.1, -0.05) is 25.1 Å². The Balaban J connectivity index is 1.71. The number of halogens is 1. The third-order valence-corrected chi connectivity index (χ3v) is 3.92. The summed E-state index contributed by atoms with van der Waals surface area (Å²) < 4.78 is 19.0. The van der Waals surface area contributed by atoms with Gasteiger partial charge in [0, 0.05) is 45.3 Å². The van der Waals surface area contributed by atoms with Crippen LogP contribution < -0.4 is 10.6 Å². The van der Waals surface area contributed by atoms with Crippen LogP contribution in [0.2, 0.25) is 0 Å². The zero-order chi connectivity index (χ0) is 16.5. The number of nitrogens with zero attached hydrogens (tertiary/aromatic N) is 2. The molecule has 1 atom stereocenters. The highest BCUT2D eigenvalue weighted by molar-refractivity contribution is 5.79. The molecule has 2 rings (SSSR count). The first-order valence-electron chi connectivity index (χ1n) is 8.17. The predicted octanol–water partition coefficient (Wildman–Crippen LogP) is 1.46. The Kier molecular flexibility index (Phi) is 7.29. The fraction of sp³-hybridized carbons (Fsp3) is 0.588. The number of ether oxygens (including phenoxy) is 1. The highest BCUT2D eigenvalue weighted by Crippen LogP contribution is 2.05. The number of hydrogen-bond donors (Lipinski definition) is 2. The van der Waals surface area contributed by atoms with Crippen molar-refractivity contribution in [3.8, 4) is 0 Å². The lowest BCUT2D eigenvalue weighted by atomic mass is 10.1. The van der Waals surface area contributed by atoms with Crippen molar-refractivity contribution in [2.24, 2.45) is 10.9 Å². The summed E-state index contributed by atoms with van der Waals surface area (Å²) in [5, 5.41) is 6.46. The highest BCUT2D eigenvalue weighted by Gasteiger charge is 2.14. The maximum atomic E-state index is 13.6. The average molecular weight is 322 g/mol. The zero-order valence-electron chi connectivity index (χ0n) is 14.0. The van der Waals surface area contributed by atoms with Gasteiger partial charge in [0.25, 0.3) is 0 Å². The topological polar surface area (TPSA) is 48.9 Å². The molecule has 1 heterocycles. The molecule has 0 spiro atoms. The Labute approximate surface area is 137 Å². The van der Waals surface area contributed by atoms with E-state index in [4.69, 9.17) is 4.74 Å².